The maximum atomic E-state index is 11.9. The van der Waals surface area contributed by atoms with Crippen LogP contribution in [0.1, 0.15) is 45.4 Å². The third kappa shape index (κ3) is 10.9. The molecule has 0 amide bonds. The molecule has 0 radical (unpaired) electrons. The van der Waals surface area contributed by atoms with E-state index in [0.29, 0.717) is 0 Å². The van der Waals surface area contributed by atoms with Gasteiger partial charge in [0.2, 0.25) is 0 Å². The molecule has 2 aliphatic carbocycles. The predicted molar refractivity (Wildman–Crippen MR) is 198 cm³/mol. The van der Waals surface area contributed by atoms with E-state index in [2.05, 4.69) is 0 Å². The number of carboxylic acids is 1. The van der Waals surface area contributed by atoms with Gasteiger partial charge in [0.05, 0.1) is 43.0 Å². The molecule has 2 saturated carbocycles. The minimum Gasteiger partial charge on any atom is -0.481 e. The Balaban J connectivity index is 1.22. The highest BCUT2D eigenvalue weighted by Gasteiger charge is 2.58. The highest BCUT2D eigenvalue weighted by atomic mass is 16.7. The van der Waals surface area contributed by atoms with Gasteiger partial charge in [0.1, 0.15) is 92.4 Å². The van der Waals surface area contributed by atoms with E-state index >= 15 is 0 Å². The summed E-state index contributed by atoms with van der Waals surface area (Å²) in [4.78, 5) is 22.8. The molecule has 23 atom stereocenters. The summed E-state index contributed by atoms with van der Waals surface area (Å²) in [6.07, 6.45) is -31.1. The molecule has 8 unspecified atom stereocenters. The van der Waals surface area contributed by atoms with Crippen molar-refractivity contribution in [2.75, 3.05) is 27.4 Å². The molecule has 0 aromatic rings. The van der Waals surface area contributed by atoms with Gasteiger partial charge in [-0.15, -0.1) is 0 Å². The molecule has 6 fully saturated rings. The van der Waals surface area contributed by atoms with Crippen LogP contribution in [-0.4, -0.2) is 246 Å². The van der Waals surface area contributed by atoms with Crippen molar-refractivity contribution in [3.05, 3.63) is 0 Å². The number of hydrogen-bond acceptors (Lipinski definition) is 22. The Morgan fingerprint density at radius 3 is 1.68 bits per heavy atom. The molecule has 24 heteroatoms. The van der Waals surface area contributed by atoms with Gasteiger partial charge in [0.25, 0.3) is 0 Å². The van der Waals surface area contributed by atoms with E-state index in [4.69, 9.17) is 52.5 Å². The molecule has 6 rings (SSSR count). The third-order valence-electron chi connectivity index (χ3n) is 13.1. The largest absolute Gasteiger partial charge is 0.481 e. The van der Waals surface area contributed by atoms with Gasteiger partial charge in [0.15, 0.2) is 31.1 Å². The van der Waals surface area contributed by atoms with Gasteiger partial charge in [-0.2, -0.15) is 0 Å². The molecule has 4 heterocycles. The summed E-state index contributed by atoms with van der Waals surface area (Å²) in [6.45, 7) is 0.204. The summed E-state index contributed by atoms with van der Waals surface area (Å²) in [5.41, 5.74) is 0. The topological polar surface area (TPSA) is 373 Å². The molecule has 4 aliphatic heterocycles. The zero-order valence-corrected chi connectivity index (χ0v) is 34.4. The van der Waals surface area contributed by atoms with Gasteiger partial charge in [-0.3, -0.25) is 9.59 Å². The molecule has 0 bridgehead atoms. The average Bonchev–Trinajstić information content (AvgIpc) is 3.23. The Bertz CT molecular complexity index is 1450. The first-order valence-corrected chi connectivity index (χ1v) is 20.8. The highest BCUT2D eigenvalue weighted by molar-refractivity contribution is 5.90. The Morgan fingerprint density at radius 2 is 1.11 bits per heavy atom. The predicted octanol–water partition coefficient (Wildman–Crippen LogP) is -6.53. The lowest BCUT2D eigenvalue weighted by atomic mass is 9.72. The number of fused-ring (bicyclic) bond motifs is 1. The van der Waals surface area contributed by atoms with Crippen LogP contribution in [-0.2, 0) is 52.2 Å². The van der Waals surface area contributed by atoms with Crippen molar-refractivity contribution in [3.63, 3.8) is 0 Å². The molecule has 6 aliphatic rings. The SMILES string of the molecule is COC1CC(C2[OH+]C3CC(O)CC(O[C@@H]4O[C@H](COC(=O)CC(=O)O)[C@@H](O)[C@H](O)[C@H]4O)C3CC2O[C@@H]2O[C@H](CO[C@@H]3O[C@@H](C)[C@H](O)[C@@H](O)[C@H]3O)[C@@H](O)[C@H](O)[C@H]2O)CC(OC)C1O. The van der Waals surface area contributed by atoms with Crippen LogP contribution in [0.5, 0.6) is 0 Å². The van der Waals surface area contributed by atoms with Crippen molar-refractivity contribution in [2.24, 2.45) is 11.8 Å². The van der Waals surface area contributed by atoms with Crippen molar-refractivity contribution in [3.8, 4) is 0 Å². The maximum absolute atomic E-state index is 11.9. The van der Waals surface area contributed by atoms with Crippen LogP contribution in [0, 0.1) is 11.8 Å². The highest BCUT2D eigenvalue weighted by Crippen LogP contribution is 2.44. The quantitative estimate of drug-likeness (QED) is 0.0438. The Labute approximate surface area is 355 Å². The summed E-state index contributed by atoms with van der Waals surface area (Å²) < 4.78 is 56.9. The standard InChI is InChI=1S/C38H62O24/c1-12-25(43)29(47)32(50)36(57-12)56-11-22-28(46)31(49)34(52)38(62-22)60-20-8-15-16(58-35(20)13-4-18(53-2)26(44)19(5-13)54-3)6-14(39)7-17(15)59-37-33(51)30(48)27(45)21(61-37)10-55-24(42)9-23(40)41/h12-22,25-39,43-52H,4-11H2,1-3H3,(H,40,41)/p+1/t12-,13?,14?,15?,16?,17?,18?,19?,20?,21+,22+,25-,26?,27+,28+,29+,30-,31-,32+,33+,34+,35?,36+,37+,38+/m0/s1. The van der Waals surface area contributed by atoms with E-state index in [1.54, 1.807) is 0 Å². The average molecular weight is 904 g/mol. The molecule has 0 spiro atoms. The molecule has 13 N–H and O–H groups in total. The van der Waals surface area contributed by atoms with Crippen molar-refractivity contribution in [1.29, 1.82) is 0 Å². The maximum Gasteiger partial charge on any atom is 0.317 e. The smallest absolute Gasteiger partial charge is 0.317 e. The first-order chi connectivity index (χ1) is 29.3. The van der Waals surface area contributed by atoms with Crippen LogP contribution in [0.3, 0.4) is 0 Å². The Hall–Kier alpha value is -1.86. The molecule has 0 aromatic carbocycles. The number of carboxylic acid groups (broad SMARTS) is 1. The van der Waals surface area contributed by atoms with Crippen LogP contribution in [0.25, 0.3) is 0 Å². The number of rotatable bonds is 14. The van der Waals surface area contributed by atoms with Gasteiger partial charge >= 0.3 is 11.9 Å². The van der Waals surface area contributed by atoms with Crippen LogP contribution in [0.2, 0.25) is 0 Å². The van der Waals surface area contributed by atoms with Gasteiger partial charge in [-0.05, 0) is 26.2 Å². The molecular weight excluding hydrogens is 840 g/mol. The van der Waals surface area contributed by atoms with Crippen molar-refractivity contribution in [2.45, 2.75) is 186 Å². The second kappa shape index (κ2) is 21.2. The lowest BCUT2D eigenvalue weighted by Gasteiger charge is -2.50. The normalized spacial score (nSPS) is 50.1. The minimum absolute atomic E-state index is 0.0308. The van der Waals surface area contributed by atoms with Crippen molar-refractivity contribution >= 4 is 11.9 Å². The number of hydrogen-bond donors (Lipinski definition) is 12. The summed E-state index contributed by atoms with van der Waals surface area (Å²) in [6, 6.07) is 0. The fourth-order valence-electron chi connectivity index (χ4n) is 9.49. The van der Waals surface area contributed by atoms with Gasteiger partial charge in [0, 0.05) is 33.0 Å². The summed E-state index contributed by atoms with van der Waals surface area (Å²) in [5, 5.41) is 127. The zero-order valence-electron chi connectivity index (χ0n) is 34.4. The molecule has 358 valence electrons. The van der Waals surface area contributed by atoms with E-state index in [9.17, 15) is 65.8 Å². The molecular formula is C38H63O24+. The summed E-state index contributed by atoms with van der Waals surface area (Å²) >= 11 is 0. The van der Waals surface area contributed by atoms with Gasteiger partial charge in [-0.1, -0.05) is 0 Å². The molecule has 24 nitrogen and oxygen atoms in total. The van der Waals surface area contributed by atoms with E-state index in [0.717, 1.165) is 0 Å². The third-order valence-corrected chi connectivity index (χ3v) is 13.1. The van der Waals surface area contributed by atoms with Crippen LogP contribution < -0.4 is 0 Å². The van der Waals surface area contributed by atoms with E-state index in [-0.39, 0.29) is 32.1 Å². The van der Waals surface area contributed by atoms with E-state index in [1.165, 1.54) is 21.1 Å². The Morgan fingerprint density at radius 1 is 0.581 bits per heavy atom. The van der Waals surface area contributed by atoms with E-state index < -0.39 is 184 Å². The number of ether oxygens (including phenoxy) is 10. The van der Waals surface area contributed by atoms with Crippen molar-refractivity contribution in [1.82, 2.24) is 0 Å². The number of carbonyl (C=O) groups is 2. The number of aliphatic carboxylic acids is 1. The van der Waals surface area contributed by atoms with Crippen molar-refractivity contribution < 1.29 is 118 Å². The number of aliphatic hydroxyl groups is 13. The molecule has 4 saturated heterocycles. The van der Waals surface area contributed by atoms with Crippen LogP contribution >= 0.6 is 0 Å². The second-order valence-corrected chi connectivity index (χ2v) is 17.1. The first-order valence-electron chi connectivity index (χ1n) is 20.8. The number of carbonyl (C=O) groups excluding carboxylic acids is 1. The van der Waals surface area contributed by atoms with Gasteiger partial charge < -0.3 is 109 Å². The van der Waals surface area contributed by atoms with E-state index in [1.807, 2.05) is 0 Å². The number of aliphatic hydroxyl groups excluding tert-OH is 11. The second-order valence-electron chi connectivity index (χ2n) is 17.1. The zero-order chi connectivity index (χ0) is 45.3. The number of esters is 1. The summed E-state index contributed by atoms with van der Waals surface area (Å²) in [7, 11) is 2.88. The summed E-state index contributed by atoms with van der Waals surface area (Å²) in [5.74, 6) is -3.62. The Kier molecular flexibility index (Phi) is 16.9. The van der Waals surface area contributed by atoms with Gasteiger partial charge in [-0.25, -0.2) is 0 Å². The fourth-order valence-corrected chi connectivity index (χ4v) is 9.49. The molecule has 0 aromatic heterocycles. The first kappa shape index (κ1) is 49.6. The molecule has 62 heavy (non-hydrogen) atoms. The van der Waals surface area contributed by atoms with Crippen LogP contribution in [0.15, 0.2) is 0 Å². The van der Waals surface area contributed by atoms with Crippen LogP contribution in [0.4, 0.5) is 0 Å². The lowest BCUT2D eigenvalue weighted by Crippen LogP contribution is -2.65. The minimum atomic E-state index is -1.86. The fraction of sp³-hybridized carbons (Fsp3) is 0.947. The lowest BCUT2D eigenvalue weighted by molar-refractivity contribution is -0.371. The number of methoxy groups -OCH3 is 2. The monoisotopic (exact) mass is 903 g/mol.